The second-order valence-electron chi connectivity index (χ2n) is 8.14. The van der Waals surface area contributed by atoms with E-state index in [4.69, 9.17) is 21.4 Å². The summed E-state index contributed by atoms with van der Waals surface area (Å²) in [5, 5.41) is 6.03. The standard InChI is InChI=1S/C27H26FN3O4S2/c28-21-8-4-5-19(17-21)11-12-29-26(33)23(30-25(32)20-6-2-1-3-7-20)18-22-9-10-24(35-22)37-27(36)31-13-15-34-16-14-31/h1-10,17-18H,11-16H2,(H,29,33)(H,30,32)/b23-18-. The number of benzene rings is 2. The number of thiocarbonyl (C=S) groups is 1. The smallest absolute Gasteiger partial charge is 0.267 e. The van der Waals surface area contributed by atoms with E-state index in [1.54, 1.807) is 54.6 Å². The van der Waals surface area contributed by atoms with Crippen LogP contribution in [0.2, 0.25) is 0 Å². The highest BCUT2D eigenvalue weighted by molar-refractivity contribution is 8.22. The van der Waals surface area contributed by atoms with Crippen LogP contribution in [0.25, 0.3) is 6.08 Å². The Hall–Kier alpha value is -3.47. The molecule has 2 amide bonds. The molecule has 0 spiro atoms. The second kappa shape index (κ2) is 13.2. The van der Waals surface area contributed by atoms with Crippen LogP contribution in [0.1, 0.15) is 21.7 Å². The van der Waals surface area contributed by atoms with Gasteiger partial charge in [0.15, 0.2) is 5.09 Å². The van der Waals surface area contributed by atoms with E-state index in [-0.39, 0.29) is 18.1 Å². The van der Waals surface area contributed by atoms with Crippen LogP contribution < -0.4 is 10.6 Å². The summed E-state index contributed by atoms with van der Waals surface area (Å²) < 4.78 is 25.4. The molecule has 0 bridgehead atoms. The predicted octanol–water partition coefficient (Wildman–Crippen LogP) is 4.26. The monoisotopic (exact) mass is 539 g/mol. The molecular weight excluding hydrogens is 513 g/mol. The minimum absolute atomic E-state index is 0.0229. The first-order valence-electron chi connectivity index (χ1n) is 11.7. The maximum atomic E-state index is 13.4. The number of morpholine rings is 1. The molecule has 1 fully saturated rings. The molecule has 3 aromatic rings. The summed E-state index contributed by atoms with van der Waals surface area (Å²) >= 11 is 6.83. The van der Waals surface area contributed by atoms with Crippen molar-refractivity contribution in [2.45, 2.75) is 11.5 Å². The Labute approximate surface area is 224 Å². The first-order chi connectivity index (χ1) is 18.0. The van der Waals surface area contributed by atoms with Crippen molar-refractivity contribution >= 4 is 46.2 Å². The van der Waals surface area contributed by atoms with Gasteiger partial charge in [0.2, 0.25) is 0 Å². The van der Waals surface area contributed by atoms with Crippen molar-refractivity contribution in [2.24, 2.45) is 0 Å². The lowest BCUT2D eigenvalue weighted by Gasteiger charge is -2.28. The SMILES string of the molecule is O=C(NCCc1cccc(F)c1)/C(=C/c1ccc(SC(=S)N2CCOCC2)o1)NC(=O)c1ccccc1. The number of rotatable bonds is 8. The highest BCUT2D eigenvalue weighted by Crippen LogP contribution is 2.25. The molecule has 4 rings (SSSR count). The molecule has 1 aliphatic rings. The number of hydrogen-bond acceptors (Lipinski definition) is 6. The molecule has 7 nitrogen and oxygen atoms in total. The molecule has 2 N–H and O–H groups in total. The van der Waals surface area contributed by atoms with Gasteiger partial charge in [-0.05, 0) is 60.1 Å². The zero-order chi connectivity index (χ0) is 26.0. The minimum atomic E-state index is -0.491. The highest BCUT2D eigenvalue weighted by atomic mass is 32.2. The lowest BCUT2D eigenvalue weighted by atomic mass is 10.1. The molecule has 0 aliphatic carbocycles. The fourth-order valence-corrected chi connectivity index (χ4v) is 4.74. The summed E-state index contributed by atoms with van der Waals surface area (Å²) in [5.41, 5.74) is 1.19. The summed E-state index contributed by atoms with van der Waals surface area (Å²) in [5.74, 6) is -0.869. The number of carbonyl (C=O) groups excluding carboxylic acids is 2. The van der Waals surface area contributed by atoms with Crippen molar-refractivity contribution in [3.63, 3.8) is 0 Å². The van der Waals surface area contributed by atoms with Crippen molar-refractivity contribution < 1.29 is 23.1 Å². The quantitative estimate of drug-likeness (QED) is 0.252. The summed E-state index contributed by atoms with van der Waals surface area (Å²) in [6.45, 7) is 2.97. The van der Waals surface area contributed by atoms with Crippen LogP contribution in [-0.4, -0.2) is 53.9 Å². The molecule has 1 saturated heterocycles. The van der Waals surface area contributed by atoms with Crippen LogP contribution in [0.15, 0.2) is 81.9 Å². The summed E-state index contributed by atoms with van der Waals surface area (Å²) in [4.78, 5) is 27.8. The van der Waals surface area contributed by atoms with Gasteiger partial charge in [-0.25, -0.2) is 4.39 Å². The van der Waals surface area contributed by atoms with Gasteiger partial charge in [0.1, 0.15) is 21.6 Å². The average molecular weight is 540 g/mol. The summed E-state index contributed by atoms with van der Waals surface area (Å²) in [6.07, 6.45) is 1.91. The van der Waals surface area contributed by atoms with E-state index in [1.807, 2.05) is 0 Å². The molecule has 0 unspecified atom stereocenters. The molecule has 0 atom stereocenters. The molecule has 1 aliphatic heterocycles. The first-order valence-corrected chi connectivity index (χ1v) is 13.0. The largest absolute Gasteiger partial charge is 0.450 e. The fourth-order valence-electron chi connectivity index (χ4n) is 3.56. The van der Waals surface area contributed by atoms with Crippen LogP contribution >= 0.6 is 24.0 Å². The van der Waals surface area contributed by atoms with Crippen LogP contribution in [0.4, 0.5) is 4.39 Å². The van der Waals surface area contributed by atoms with Gasteiger partial charge < -0.3 is 24.7 Å². The van der Waals surface area contributed by atoms with Gasteiger partial charge in [0, 0.05) is 31.3 Å². The molecule has 0 radical (unpaired) electrons. The van der Waals surface area contributed by atoms with Gasteiger partial charge in [-0.2, -0.15) is 0 Å². The lowest BCUT2D eigenvalue weighted by Crippen LogP contribution is -2.38. The number of thioether (sulfide) groups is 1. The number of ether oxygens (including phenoxy) is 1. The van der Waals surface area contributed by atoms with Crippen LogP contribution in [0.5, 0.6) is 0 Å². The van der Waals surface area contributed by atoms with Crippen molar-refractivity contribution in [1.82, 2.24) is 15.5 Å². The topological polar surface area (TPSA) is 83.8 Å². The summed E-state index contributed by atoms with van der Waals surface area (Å²) in [6, 6.07) is 18.3. The lowest BCUT2D eigenvalue weighted by molar-refractivity contribution is -0.117. The zero-order valence-corrected chi connectivity index (χ0v) is 21.6. The van der Waals surface area contributed by atoms with Crippen molar-refractivity contribution in [2.75, 3.05) is 32.8 Å². The Kier molecular flexibility index (Phi) is 9.47. The number of furan rings is 1. The van der Waals surface area contributed by atoms with E-state index in [0.29, 0.717) is 40.4 Å². The van der Waals surface area contributed by atoms with E-state index in [0.717, 1.165) is 18.7 Å². The molecule has 2 heterocycles. The van der Waals surface area contributed by atoms with Gasteiger partial charge in [0.05, 0.1) is 13.2 Å². The normalized spacial score (nSPS) is 13.8. The highest BCUT2D eigenvalue weighted by Gasteiger charge is 2.18. The number of halogens is 1. The van der Waals surface area contributed by atoms with Gasteiger partial charge in [-0.1, -0.05) is 42.5 Å². The third-order valence-corrected chi connectivity index (χ3v) is 6.82. The van der Waals surface area contributed by atoms with Gasteiger partial charge in [-0.15, -0.1) is 0 Å². The zero-order valence-electron chi connectivity index (χ0n) is 19.9. The summed E-state index contributed by atoms with van der Waals surface area (Å²) in [7, 11) is 0. The Balaban J connectivity index is 1.45. The number of nitrogens with one attached hydrogen (secondary N) is 2. The van der Waals surface area contributed by atoms with E-state index >= 15 is 0 Å². The maximum Gasteiger partial charge on any atom is 0.267 e. The Morgan fingerprint density at radius 2 is 1.84 bits per heavy atom. The molecule has 37 heavy (non-hydrogen) atoms. The predicted molar refractivity (Wildman–Crippen MR) is 145 cm³/mol. The van der Waals surface area contributed by atoms with Crippen LogP contribution in [0.3, 0.4) is 0 Å². The molecule has 10 heteroatoms. The van der Waals surface area contributed by atoms with E-state index in [1.165, 1.54) is 30.0 Å². The molecular formula is C27H26FN3O4S2. The third kappa shape index (κ3) is 8.01. The van der Waals surface area contributed by atoms with Crippen molar-refractivity contribution in [3.05, 3.63) is 95.1 Å². The van der Waals surface area contributed by atoms with Crippen LogP contribution in [0, 0.1) is 5.82 Å². The van der Waals surface area contributed by atoms with Crippen molar-refractivity contribution in [3.8, 4) is 0 Å². The molecule has 192 valence electrons. The molecule has 2 aromatic carbocycles. The van der Waals surface area contributed by atoms with E-state index < -0.39 is 11.8 Å². The number of nitrogens with zero attached hydrogens (tertiary/aromatic N) is 1. The molecule has 1 aromatic heterocycles. The van der Waals surface area contributed by atoms with Crippen molar-refractivity contribution in [1.29, 1.82) is 0 Å². The van der Waals surface area contributed by atoms with Crippen LogP contribution in [-0.2, 0) is 16.0 Å². The average Bonchev–Trinajstić information content (AvgIpc) is 3.35. The van der Waals surface area contributed by atoms with E-state index in [2.05, 4.69) is 15.5 Å². The second-order valence-corrected chi connectivity index (χ2v) is 9.78. The van der Waals surface area contributed by atoms with E-state index in [9.17, 15) is 14.0 Å². The Morgan fingerprint density at radius 3 is 2.59 bits per heavy atom. The Morgan fingerprint density at radius 1 is 1.05 bits per heavy atom. The number of carbonyl (C=O) groups is 2. The van der Waals surface area contributed by atoms with Gasteiger partial charge in [0.25, 0.3) is 11.8 Å². The van der Waals surface area contributed by atoms with Gasteiger partial charge >= 0.3 is 0 Å². The number of hydrogen-bond donors (Lipinski definition) is 2. The number of amides is 2. The Bertz CT molecular complexity index is 1270. The third-order valence-electron chi connectivity index (χ3n) is 5.46. The minimum Gasteiger partial charge on any atom is -0.450 e. The molecule has 0 saturated carbocycles. The van der Waals surface area contributed by atoms with Gasteiger partial charge in [-0.3, -0.25) is 9.59 Å². The fraction of sp³-hybridized carbons (Fsp3) is 0.222. The first kappa shape index (κ1) is 26.6. The maximum absolute atomic E-state index is 13.4.